The van der Waals surface area contributed by atoms with E-state index in [2.05, 4.69) is 0 Å². The molecule has 1 aliphatic rings. The number of nitrogens with zero attached hydrogens (tertiary/aromatic N) is 2. The normalized spacial score (nSPS) is 16.8. The average molecular weight is 533 g/mol. The third-order valence-corrected chi connectivity index (χ3v) is 6.88. The van der Waals surface area contributed by atoms with Gasteiger partial charge in [0.2, 0.25) is 0 Å². The Bertz CT molecular complexity index is 1360. The van der Waals surface area contributed by atoms with E-state index >= 15 is 0 Å². The van der Waals surface area contributed by atoms with E-state index in [1.54, 1.807) is 35.2 Å². The molecule has 1 aliphatic heterocycles. The number of amides is 1. The Morgan fingerprint density at radius 1 is 1.03 bits per heavy atom. The predicted octanol–water partition coefficient (Wildman–Crippen LogP) is 6.17. The molecule has 3 aromatic rings. The summed E-state index contributed by atoms with van der Waals surface area (Å²) in [5.41, 5.74) is 4.11. The van der Waals surface area contributed by atoms with Gasteiger partial charge in [-0.05, 0) is 86.3 Å². The molecule has 1 saturated heterocycles. The van der Waals surface area contributed by atoms with E-state index < -0.39 is 17.7 Å². The lowest BCUT2D eigenvalue weighted by atomic mass is 9.94. The van der Waals surface area contributed by atoms with Crippen molar-refractivity contribution in [3.8, 4) is 5.75 Å². The smallest absolute Gasteiger partial charge is 0.295 e. The molecule has 0 aliphatic carbocycles. The highest BCUT2D eigenvalue weighted by Gasteiger charge is 2.45. The first-order valence-electron chi connectivity index (χ1n) is 12.6. The Kier molecular flexibility index (Phi) is 8.12. The monoisotopic (exact) mass is 532 g/mol. The largest absolute Gasteiger partial charge is 0.507 e. The summed E-state index contributed by atoms with van der Waals surface area (Å²) in [7, 11) is 3.89. The van der Waals surface area contributed by atoms with Gasteiger partial charge in [0.15, 0.2) is 0 Å². The SMILES string of the molecule is Cc1cc(/C(O)=C2/C(=O)C(=O)N(CCc3ccc(Cl)cc3)C2c2ccc(N(C)C)cc2)ccc1OC(C)C. The maximum Gasteiger partial charge on any atom is 0.295 e. The highest BCUT2D eigenvalue weighted by molar-refractivity contribution is 6.46. The summed E-state index contributed by atoms with van der Waals surface area (Å²) in [6.45, 7) is 6.08. The number of Topliss-reactive ketones (excluding diaryl/α,β-unsaturated/α-hetero) is 1. The van der Waals surface area contributed by atoms with Crippen molar-refractivity contribution in [1.82, 2.24) is 4.90 Å². The third kappa shape index (κ3) is 5.70. The Morgan fingerprint density at radius 3 is 2.26 bits per heavy atom. The molecule has 0 saturated carbocycles. The van der Waals surface area contributed by atoms with Gasteiger partial charge in [-0.1, -0.05) is 35.9 Å². The molecule has 4 rings (SSSR count). The van der Waals surface area contributed by atoms with Crippen molar-refractivity contribution >= 4 is 34.7 Å². The van der Waals surface area contributed by atoms with Crippen LogP contribution in [0.4, 0.5) is 5.69 Å². The number of anilines is 1. The zero-order chi connectivity index (χ0) is 27.6. The van der Waals surface area contributed by atoms with Gasteiger partial charge in [-0.2, -0.15) is 0 Å². The van der Waals surface area contributed by atoms with Gasteiger partial charge in [0, 0.05) is 36.9 Å². The van der Waals surface area contributed by atoms with Crippen molar-refractivity contribution in [1.29, 1.82) is 0 Å². The maximum atomic E-state index is 13.4. The summed E-state index contributed by atoms with van der Waals surface area (Å²) < 4.78 is 5.82. The van der Waals surface area contributed by atoms with Crippen molar-refractivity contribution in [3.63, 3.8) is 0 Å². The highest BCUT2D eigenvalue weighted by Crippen LogP contribution is 2.40. The van der Waals surface area contributed by atoms with E-state index in [4.69, 9.17) is 16.3 Å². The Hall–Kier alpha value is -3.77. The molecular weight excluding hydrogens is 500 g/mol. The lowest BCUT2D eigenvalue weighted by Gasteiger charge is -2.26. The molecule has 1 amide bonds. The minimum absolute atomic E-state index is 0.00393. The molecule has 0 radical (unpaired) electrons. The van der Waals surface area contributed by atoms with Crippen molar-refractivity contribution in [2.24, 2.45) is 0 Å². The van der Waals surface area contributed by atoms with Gasteiger partial charge in [0.1, 0.15) is 11.5 Å². The summed E-state index contributed by atoms with van der Waals surface area (Å²) in [5, 5.41) is 12.1. The fourth-order valence-electron chi connectivity index (χ4n) is 4.65. The fourth-order valence-corrected chi connectivity index (χ4v) is 4.78. The Morgan fingerprint density at radius 2 is 1.68 bits per heavy atom. The minimum atomic E-state index is -0.717. The van der Waals surface area contributed by atoms with Crippen LogP contribution in [0.25, 0.3) is 5.76 Å². The second kappa shape index (κ2) is 11.3. The van der Waals surface area contributed by atoms with Crippen LogP contribution in [0.5, 0.6) is 5.75 Å². The number of aliphatic hydroxyl groups excluding tert-OH is 1. The number of hydrogen-bond donors (Lipinski definition) is 1. The van der Waals surface area contributed by atoms with E-state index in [9.17, 15) is 14.7 Å². The number of rotatable bonds is 8. The number of benzene rings is 3. The van der Waals surface area contributed by atoms with Crippen molar-refractivity contribution in [2.75, 3.05) is 25.5 Å². The van der Waals surface area contributed by atoms with E-state index in [0.717, 1.165) is 22.4 Å². The molecule has 1 atom stereocenters. The fraction of sp³-hybridized carbons (Fsp3) is 0.290. The molecule has 1 N–H and O–H groups in total. The highest BCUT2D eigenvalue weighted by atomic mass is 35.5. The number of hydrogen-bond acceptors (Lipinski definition) is 5. The summed E-state index contributed by atoms with van der Waals surface area (Å²) in [6, 6.07) is 19.7. The summed E-state index contributed by atoms with van der Waals surface area (Å²) in [5.74, 6) is -0.812. The lowest BCUT2D eigenvalue weighted by molar-refractivity contribution is -0.139. The van der Waals surface area contributed by atoms with E-state index in [0.29, 0.717) is 29.3 Å². The first-order chi connectivity index (χ1) is 18.1. The number of halogens is 1. The molecule has 1 heterocycles. The van der Waals surface area contributed by atoms with E-state index in [1.807, 2.05) is 76.2 Å². The topological polar surface area (TPSA) is 70.1 Å². The van der Waals surface area contributed by atoms with Crippen LogP contribution < -0.4 is 9.64 Å². The van der Waals surface area contributed by atoms with Gasteiger partial charge >= 0.3 is 0 Å². The summed E-state index contributed by atoms with van der Waals surface area (Å²) >= 11 is 6.02. The number of ether oxygens (including phenoxy) is 1. The standard InChI is InChI=1S/C31H33ClN2O4/c1-19(2)38-26-15-10-23(18-20(26)3)29(35)27-28(22-8-13-25(14-9-22)33(4)5)34(31(37)30(27)36)17-16-21-6-11-24(32)12-7-21/h6-15,18-19,28,35H,16-17H2,1-5H3/b29-27-. The molecule has 198 valence electrons. The van der Waals surface area contributed by atoms with Crippen molar-refractivity contribution in [2.45, 2.75) is 39.3 Å². The quantitative estimate of drug-likeness (QED) is 0.213. The lowest BCUT2D eigenvalue weighted by Crippen LogP contribution is -2.31. The first-order valence-corrected chi connectivity index (χ1v) is 13.0. The maximum absolute atomic E-state index is 13.4. The molecule has 3 aromatic carbocycles. The van der Waals surface area contributed by atoms with Crippen LogP contribution in [0.1, 0.15) is 42.1 Å². The minimum Gasteiger partial charge on any atom is -0.507 e. The molecule has 7 heteroatoms. The molecule has 0 bridgehead atoms. The van der Waals surface area contributed by atoms with Gasteiger partial charge in [0.05, 0.1) is 17.7 Å². The molecular formula is C31H33ClN2O4. The van der Waals surface area contributed by atoms with Crippen LogP contribution in [-0.4, -0.2) is 48.4 Å². The van der Waals surface area contributed by atoms with Gasteiger partial charge < -0.3 is 19.6 Å². The summed E-state index contributed by atoms with van der Waals surface area (Å²) in [6.07, 6.45) is 0.542. The molecule has 6 nitrogen and oxygen atoms in total. The Balaban J connectivity index is 1.77. The number of aryl methyl sites for hydroxylation is 1. The number of carbonyl (C=O) groups is 2. The van der Waals surface area contributed by atoms with Crippen LogP contribution in [0, 0.1) is 6.92 Å². The molecule has 1 unspecified atom stereocenters. The molecule has 0 aromatic heterocycles. The predicted molar refractivity (Wildman–Crippen MR) is 152 cm³/mol. The van der Waals surface area contributed by atoms with Crippen LogP contribution in [0.3, 0.4) is 0 Å². The zero-order valence-corrected chi connectivity index (χ0v) is 23.1. The first kappa shape index (κ1) is 27.3. The van der Waals surface area contributed by atoms with E-state index in [1.165, 1.54) is 0 Å². The average Bonchev–Trinajstić information content (AvgIpc) is 3.14. The van der Waals surface area contributed by atoms with Crippen LogP contribution in [0.15, 0.2) is 72.3 Å². The second-order valence-electron chi connectivity index (χ2n) is 10.0. The summed E-state index contributed by atoms with van der Waals surface area (Å²) in [4.78, 5) is 30.2. The van der Waals surface area contributed by atoms with Gasteiger partial charge in [-0.15, -0.1) is 0 Å². The van der Waals surface area contributed by atoms with Crippen LogP contribution >= 0.6 is 11.6 Å². The molecule has 1 fully saturated rings. The number of ketones is 1. The number of likely N-dealkylation sites (tertiary alicyclic amines) is 1. The van der Waals surface area contributed by atoms with Gasteiger partial charge in [0.25, 0.3) is 11.7 Å². The van der Waals surface area contributed by atoms with Gasteiger partial charge in [-0.25, -0.2) is 0 Å². The Labute approximate surface area is 229 Å². The molecule has 0 spiro atoms. The third-order valence-electron chi connectivity index (χ3n) is 6.63. The van der Waals surface area contributed by atoms with Gasteiger partial charge in [-0.3, -0.25) is 9.59 Å². The second-order valence-corrected chi connectivity index (χ2v) is 10.4. The van der Waals surface area contributed by atoms with Crippen molar-refractivity contribution in [3.05, 3.63) is 99.6 Å². The van der Waals surface area contributed by atoms with E-state index in [-0.39, 0.29) is 17.4 Å². The van der Waals surface area contributed by atoms with Crippen LogP contribution in [0.2, 0.25) is 5.02 Å². The number of aliphatic hydroxyl groups is 1. The molecule has 38 heavy (non-hydrogen) atoms. The van der Waals surface area contributed by atoms with Crippen molar-refractivity contribution < 1.29 is 19.4 Å². The van der Waals surface area contributed by atoms with Crippen LogP contribution in [-0.2, 0) is 16.0 Å². The number of carbonyl (C=O) groups excluding carboxylic acids is 2. The zero-order valence-electron chi connectivity index (χ0n) is 22.4.